The summed E-state index contributed by atoms with van der Waals surface area (Å²) in [4.78, 5) is 14.2. The summed E-state index contributed by atoms with van der Waals surface area (Å²) in [6.07, 6.45) is 9.87. The van der Waals surface area contributed by atoms with Crippen LogP contribution in [0.25, 0.3) is 11.1 Å². The molecule has 0 saturated carbocycles. The van der Waals surface area contributed by atoms with E-state index in [1.54, 1.807) is 0 Å². The van der Waals surface area contributed by atoms with Gasteiger partial charge in [0.15, 0.2) is 0 Å². The molecule has 2 nitrogen and oxygen atoms in total. The number of unbranched alkanes of at least 4 members (excludes halogenated alkanes) is 3. The fraction of sp³-hybridized carbons (Fsp3) is 0.406. The fourth-order valence-corrected chi connectivity index (χ4v) is 5.09. The van der Waals surface area contributed by atoms with Crippen LogP contribution in [0.15, 0.2) is 83.8 Å². The minimum absolute atomic E-state index is 0.0202. The van der Waals surface area contributed by atoms with Gasteiger partial charge in [-0.25, -0.2) is 4.79 Å². The van der Waals surface area contributed by atoms with E-state index in [1.807, 2.05) is 42.1 Å². The van der Waals surface area contributed by atoms with Gasteiger partial charge in [0.1, 0.15) is 6.10 Å². The van der Waals surface area contributed by atoms with E-state index < -0.39 is 0 Å². The number of benzene rings is 3. The van der Waals surface area contributed by atoms with Gasteiger partial charge in [-0.2, -0.15) is 0 Å². The van der Waals surface area contributed by atoms with Crippen LogP contribution in [-0.2, 0) is 11.2 Å². The predicted molar refractivity (Wildman–Crippen MR) is 150 cm³/mol. The molecule has 0 saturated heterocycles. The second-order valence-electron chi connectivity index (χ2n) is 9.20. The number of ether oxygens (including phenoxy) is 1. The van der Waals surface area contributed by atoms with Crippen LogP contribution >= 0.6 is 11.8 Å². The first-order valence-corrected chi connectivity index (χ1v) is 14.3. The maximum absolute atomic E-state index is 12.9. The molecule has 1 atom stereocenters. The smallest absolute Gasteiger partial charge is 0.338 e. The molecule has 1 unspecified atom stereocenters. The number of carbonyl (C=O) groups excluding carboxylic acids is 1. The van der Waals surface area contributed by atoms with Crippen LogP contribution in [0.3, 0.4) is 0 Å². The van der Waals surface area contributed by atoms with Crippen molar-refractivity contribution in [3.05, 3.63) is 90.0 Å². The zero-order chi connectivity index (χ0) is 24.7. The molecule has 0 fully saturated rings. The maximum Gasteiger partial charge on any atom is 0.338 e. The highest BCUT2D eigenvalue weighted by Crippen LogP contribution is 2.26. The Morgan fingerprint density at radius 3 is 2.03 bits per heavy atom. The molecular formula is C32H40O2S. The van der Waals surface area contributed by atoms with Crippen LogP contribution < -0.4 is 0 Å². The number of thioether (sulfide) groups is 1. The molecule has 3 aromatic carbocycles. The van der Waals surface area contributed by atoms with Gasteiger partial charge >= 0.3 is 5.97 Å². The first kappa shape index (κ1) is 27.1. The van der Waals surface area contributed by atoms with Crippen LogP contribution in [0.4, 0.5) is 0 Å². The normalized spacial score (nSPS) is 11.8. The molecule has 0 aliphatic carbocycles. The minimum Gasteiger partial charge on any atom is -0.459 e. The molecule has 0 aliphatic heterocycles. The summed E-state index contributed by atoms with van der Waals surface area (Å²) in [5.74, 6) is 0.964. The molecule has 186 valence electrons. The number of rotatable bonds is 15. The summed E-state index contributed by atoms with van der Waals surface area (Å²) in [7, 11) is 0. The average Bonchev–Trinajstić information content (AvgIpc) is 2.90. The van der Waals surface area contributed by atoms with Gasteiger partial charge in [0.25, 0.3) is 0 Å². The molecule has 0 radical (unpaired) electrons. The molecule has 35 heavy (non-hydrogen) atoms. The highest BCUT2D eigenvalue weighted by molar-refractivity contribution is 7.99. The van der Waals surface area contributed by atoms with Gasteiger partial charge < -0.3 is 4.74 Å². The molecule has 3 aromatic rings. The lowest BCUT2D eigenvalue weighted by atomic mass is 10.0. The van der Waals surface area contributed by atoms with Crippen molar-refractivity contribution < 1.29 is 9.53 Å². The van der Waals surface area contributed by atoms with Crippen molar-refractivity contribution >= 4 is 17.7 Å². The first-order chi connectivity index (χ1) is 17.2. The standard InChI is InChI=1S/C32H40O2S/c1-3-5-10-25-35-31-23-21-28(22-24-31)27-17-19-29(20-18-27)32(33)34-30(15-6-4-2)16-11-14-26-12-8-7-9-13-26/h7-9,12-13,17-24,30H,3-6,10-11,14-16,25H2,1-2H3. The topological polar surface area (TPSA) is 26.3 Å². The van der Waals surface area contributed by atoms with E-state index in [9.17, 15) is 4.79 Å². The summed E-state index contributed by atoms with van der Waals surface area (Å²) in [6, 6.07) is 27.1. The molecule has 0 bridgehead atoms. The van der Waals surface area contributed by atoms with E-state index in [4.69, 9.17) is 4.74 Å². The van der Waals surface area contributed by atoms with E-state index in [2.05, 4.69) is 62.4 Å². The van der Waals surface area contributed by atoms with E-state index in [0.717, 1.165) is 44.1 Å². The van der Waals surface area contributed by atoms with Crippen molar-refractivity contribution in [2.24, 2.45) is 0 Å². The number of aryl methyl sites for hydroxylation is 1. The lowest BCUT2D eigenvalue weighted by Crippen LogP contribution is -2.18. The Morgan fingerprint density at radius 1 is 0.743 bits per heavy atom. The second kappa shape index (κ2) is 15.5. The monoisotopic (exact) mass is 488 g/mol. The summed E-state index contributed by atoms with van der Waals surface area (Å²) in [5.41, 5.74) is 4.26. The molecule has 0 N–H and O–H groups in total. The van der Waals surface area contributed by atoms with Crippen LogP contribution in [0, 0.1) is 0 Å². The van der Waals surface area contributed by atoms with Gasteiger partial charge in [-0.05, 0) is 78.8 Å². The molecule has 3 rings (SSSR count). The number of carbonyl (C=O) groups is 1. The van der Waals surface area contributed by atoms with Gasteiger partial charge in [0.05, 0.1) is 5.56 Å². The Hall–Kier alpha value is -2.52. The van der Waals surface area contributed by atoms with Gasteiger partial charge in [0.2, 0.25) is 0 Å². The fourth-order valence-electron chi connectivity index (χ4n) is 4.18. The second-order valence-corrected chi connectivity index (χ2v) is 10.4. The molecule has 0 amide bonds. The third-order valence-electron chi connectivity index (χ3n) is 6.31. The van der Waals surface area contributed by atoms with Crippen LogP contribution in [-0.4, -0.2) is 17.8 Å². The highest BCUT2D eigenvalue weighted by atomic mass is 32.2. The van der Waals surface area contributed by atoms with Crippen molar-refractivity contribution in [1.82, 2.24) is 0 Å². The van der Waals surface area contributed by atoms with Gasteiger partial charge in [0, 0.05) is 4.90 Å². The Morgan fingerprint density at radius 2 is 1.37 bits per heavy atom. The SMILES string of the molecule is CCCCCSc1ccc(-c2ccc(C(=O)OC(CCCC)CCCc3ccccc3)cc2)cc1. The van der Waals surface area contributed by atoms with Crippen molar-refractivity contribution in [3.8, 4) is 11.1 Å². The summed E-state index contributed by atoms with van der Waals surface area (Å²) >= 11 is 1.92. The third kappa shape index (κ3) is 9.57. The van der Waals surface area contributed by atoms with Crippen molar-refractivity contribution in [2.45, 2.75) is 82.6 Å². The first-order valence-electron chi connectivity index (χ1n) is 13.3. The summed E-state index contributed by atoms with van der Waals surface area (Å²) in [6.45, 7) is 4.42. The lowest BCUT2D eigenvalue weighted by Gasteiger charge is -2.18. The van der Waals surface area contributed by atoms with E-state index in [-0.39, 0.29) is 12.1 Å². The molecule has 0 spiro atoms. The molecule has 0 aliphatic rings. The number of hydrogen-bond donors (Lipinski definition) is 0. The van der Waals surface area contributed by atoms with E-state index >= 15 is 0 Å². The number of hydrogen-bond acceptors (Lipinski definition) is 3. The van der Waals surface area contributed by atoms with E-state index in [1.165, 1.54) is 41.0 Å². The Labute approximate surface area is 216 Å². The zero-order valence-electron chi connectivity index (χ0n) is 21.4. The van der Waals surface area contributed by atoms with Gasteiger partial charge in [-0.15, -0.1) is 11.8 Å². The van der Waals surface area contributed by atoms with Crippen LogP contribution in [0.1, 0.15) is 81.1 Å². The molecule has 3 heteroatoms. The summed E-state index contributed by atoms with van der Waals surface area (Å²) in [5, 5.41) is 0. The molecule has 0 aromatic heterocycles. The minimum atomic E-state index is -0.212. The van der Waals surface area contributed by atoms with Gasteiger partial charge in [-0.3, -0.25) is 0 Å². The largest absolute Gasteiger partial charge is 0.459 e. The van der Waals surface area contributed by atoms with Gasteiger partial charge in [-0.1, -0.05) is 94.1 Å². The summed E-state index contributed by atoms with van der Waals surface area (Å²) < 4.78 is 5.95. The zero-order valence-corrected chi connectivity index (χ0v) is 22.2. The molecule has 0 heterocycles. The Kier molecular flexibility index (Phi) is 12.0. The van der Waals surface area contributed by atoms with Crippen molar-refractivity contribution in [3.63, 3.8) is 0 Å². The maximum atomic E-state index is 12.9. The van der Waals surface area contributed by atoms with Crippen molar-refractivity contribution in [1.29, 1.82) is 0 Å². The highest BCUT2D eigenvalue weighted by Gasteiger charge is 2.16. The quantitative estimate of drug-likeness (QED) is 0.121. The third-order valence-corrected chi connectivity index (χ3v) is 7.41. The van der Waals surface area contributed by atoms with Crippen LogP contribution in [0.5, 0.6) is 0 Å². The number of esters is 1. The predicted octanol–water partition coefficient (Wildman–Crippen LogP) is 9.37. The van der Waals surface area contributed by atoms with E-state index in [0.29, 0.717) is 5.56 Å². The molecular weight excluding hydrogens is 448 g/mol. The van der Waals surface area contributed by atoms with Crippen LogP contribution in [0.2, 0.25) is 0 Å². The Balaban J connectivity index is 1.53. The average molecular weight is 489 g/mol. The van der Waals surface area contributed by atoms with Crippen molar-refractivity contribution in [2.75, 3.05) is 5.75 Å². The Bertz CT molecular complexity index is 980. The lowest BCUT2D eigenvalue weighted by molar-refractivity contribution is 0.0252.